The highest BCUT2D eigenvalue weighted by Gasteiger charge is 2.06. The van der Waals surface area contributed by atoms with Crippen LogP contribution in [0.4, 0.5) is 0 Å². The van der Waals surface area contributed by atoms with Gasteiger partial charge in [0.15, 0.2) is 6.61 Å². The van der Waals surface area contributed by atoms with Gasteiger partial charge >= 0.3 is 0 Å². The molecule has 0 heterocycles. The summed E-state index contributed by atoms with van der Waals surface area (Å²) in [7, 11) is 0. The van der Waals surface area contributed by atoms with Gasteiger partial charge in [-0.2, -0.15) is 0 Å². The van der Waals surface area contributed by atoms with Crippen molar-refractivity contribution >= 4 is 29.1 Å². The monoisotopic (exact) mass is 367 g/mol. The first-order valence-corrected chi connectivity index (χ1v) is 8.41. The van der Waals surface area contributed by atoms with Crippen molar-refractivity contribution in [1.29, 1.82) is 0 Å². The van der Waals surface area contributed by atoms with Crippen molar-refractivity contribution in [2.24, 2.45) is 0 Å². The second-order valence-electron chi connectivity index (χ2n) is 5.02. The number of carbonyl (C=O) groups excluding carboxylic acids is 1. The molecule has 4 nitrogen and oxygen atoms in total. The van der Waals surface area contributed by atoms with Gasteiger partial charge in [-0.1, -0.05) is 48.3 Å². The molecule has 1 N–H and O–H groups in total. The summed E-state index contributed by atoms with van der Waals surface area (Å²) in [5.74, 6) is 1.02. The maximum absolute atomic E-state index is 11.8. The average molecular weight is 368 g/mol. The van der Waals surface area contributed by atoms with Crippen LogP contribution in [0.5, 0.6) is 11.5 Å². The Morgan fingerprint density at radius 2 is 1.88 bits per heavy atom. The molecule has 128 valence electrons. The van der Waals surface area contributed by atoms with Gasteiger partial charge in [0.25, 0.3) is 5.91 Å². The van der Waals surface area contributed by atoms with E-state index in [0.29, 0.717) is 28.9 Å². The molecular weight excluding hydrogens is 349 g/mol. The maximum Gasteiger partial charge on any atom is 0.258 e. The summed E-state index contributed by atoms with van der Waals surface area (Å²) in [4.78, 5) is 11.8. The van der Waals surface area contributed by atoms with Crippen LogP contribution in [0, 0.1) is 0 Å². The summed E-state index contributed by atoms with van der Waals surface area (Å²) in [5.41, 5.74) is 1.14. The maximum atomic E-state index is 11.8. The van der Waals surface area contributed by atoms with Crippen LogP contribution < -0.4 is 14.8 Å². The van der Waals surface area contributed by atoms with Gasteiger partial charge in [-0.15, -0.1) is 0 Å². The van der Waals surface area contributed by atoms with E-state index in [2.05, 4.69) is 12.2 Å². The van der Waals surface area contributed by atoms with Crippen molar-refractivity contribution in [2.45, 2.75) is 13.3 Å². The van der Waals surface area contributed by atoms with Crippen molar-refractivity contribution in [3.63, 3.8) is 0 Å². The number of carbonyl (C=O) groups is 1. The van der Waals surface area contributed by atoms with Crippen LogP contribution >= 0.6 is 23.2 Å². The number of para-hydroxylation sites is 1. The van der Waals surface area contributed by atoms with Crippen LogP contribution in [0.2, 0.25) is 10.0 Å². The number of aryl methyl sites for hydroxylation is 1. The zero-order valence-electron chi connectivity index (χ0n) is 13.4. The minimum atomic E-state index is -0.242. The first-order chi connectivity index (χ1) is 11.6. The van der Waals surface area contributed by atoms with Crippen LogP contribution in [0.1, 0.15) is 12.5 Å². The van der Waals surface area contributed by atoms with Gasteiger partial charge in [-0.25, -0.2) is 0 Å². The fourth-order valence-electron chi connectivity index (χ4n) is 2.07. The van der Waals surface area contributed by atoms with E-state index < -0.39 is 0 Å². The second-order valence-corrected chi connectivity index (χ2v) is 5.87. The number of amides is 1. The first kappa shape index (κ1) is 18.4. The van der Waals surface area contributed by atoms with Crippen molar-refractivity contribution in [3.8, 4) is 11.5 Å². The molecule has 24 heavy (non-hydrogen) atoms. The lowest BCUT2D eigenvalue weighted by Gasteiger charge is -2.11. The number of hydrogen-bond donors (Lipinski definition) is 1. The molecule has 0 saturated carbocycles. The molecule has 1 amide bonds. The number of rotatable bonds is 8. The van der Waals surface area contributed by atoms with E-state index >= 15 is 0 Å². The summed E-state index contributed by atoms with van der Waals surface area (Å²) in [6.07, 6.45) is 0.901. The smallest absolute Gasteiger partial charge is 0.258 e. The van der Waals surface area contributed by atoms with Gasteiger partial charge in [0.1, 0.15) is 18.1 Å². The average Bonchev–Trinajstić information content (AvgIpc) is 2.58. The highest BCUT2D eigenvalue weighted by atomic mass is 35.5. The summed E-state index contributed by atoms with van der Waals surface area (Å²) < 4.78 is 11.0. The molecule has 2 rings (SSSR count). The summed E-state index contributed by atoms with van der Waals surface area (Å²) >= 11 is 11.8. The molecule has 2 aromatic carbocycles. The predicted octanol–water partition coefficient (Wildman–Crippen LogP) is 4.13. The zero-order valence-corrected chi connectivity index (χ0v) is 14.9. The molecule has 0 bridgehead atoms. The third kappa shape index (κ3) is 5.62. The molecule has 0 spiro atoms. The summed E-state index contributed by atoms with van der Waals surface area (Å²) in [6.45, 7) is 2.75. The van der Waals surface area contributed by atoms with Crippen LogP contribution in [0.15, 0.2) is 42.5 Å². The van der Waals surface area contributed by atoms with Crippen LogP contribution in [0.25, 0.3) is 0 Å². The fraction of sp³-hybridized carbons (Fsp3) is 0.278. The van der Waals surface area contributed by atoms with Crippen molar-refractivity contribution < 1.29 is 14.3 Å². The van der Waals surface area contributed by atoms with E-state index in [1.165, 1.54) is 0 Å². The van der Waals surface area contributed by atoms with Gasteiger partial charge in [-0.3, -0.25) is 4.79 Å². The predicted molar refractivity (Wildman–Crippen MR) is 96.3 cm³/mol. The first-order valence-electron chi connectivity index (χ1n) is 7.65. The Bertz CT molecular complexity index is 692. The molecular formula is C18H19Cl2NO3. The number of benzene rings is 2. The molecule has 0 aliphatic heterocycles. The second kappa shape index (κ2) is 9.40. The lowest BCUT2D eigenvalue weighted by Crippen LogP contribution is -2.32. The molecule has 0 aliphatic rings. The van der Waals surface area contributed by atoms with Crippen molar-refractivity contribution in [2.75, 3.05) is 19.8 Å². The van der Waals surface area contributed by atoms with Crippen LogP contribution in [-0.2, 0) is 11.2 Å². The Balaban J connectivity index is 1.70. The Morgan fingerprint density at radius 1 is 1.08 bits per heavy atom. The van der Waals surface area contributed by atoms with Crippen molar-refractivity contribution in [1.82, 2.24) is 5.32 Å². The Kier molecular flexibility index (Phi) is 7.22. The van der Waals surface area contributed by atoms with Gasteiger partial charge < -0.3 is 14.8 Å². The fourth-order valence-corrected chi connectivity index (χ4v) is 2.54. The molecule has 0 fully saturated rings. The van der Waals surface area contributed by atoms with E-state index in [0.717, 1.165) is 17.7 Å². The van der Waals surface area contributed by atoms with Gasteiger partial charge in [0, 0.05) is 5.02 Å². The largest absolute Gasteiger partial charge is 0.491 e. The molecule has 0 unspecified atom stereocenters. The minimum Gasteiger partial charge on any atom is -0.491 e. The van der Waals surface area contributed by atoms with Crippen molar-refractivity contribution in [3.05, 3.63) is 58.1 Å². The highest BCUT2D eigenvalue weighted by Crippen LogP contribution is 2.27. The number of halogens is 2. The van der Waals surface area contributed by atoms with E-state index in [-0.39, 0.29) is 12.5 Å². The Morgan fingerprint density at radius 3 is 2.62 bits per heavy atom. The van der Waals surface area contributed by atoms with E-state index in [1.807, 2.05) is 24.3 Å². The number of nitrogens with one attached hydrogen (secondary N) is 1. The summed E-state index contributed by atoms with van der Waals surface area (Å²) in [6, 6.07) is 12.7. The molecule has 0 saturated heterocycles. The number of ether oxygens (including phenoxy) is 2. The third-order valence-corrected chi connectivity index (χ3v) is 3.82. The van der Waals surface area contributed by atoms with Gasteiger partial charge in [0.2, 0.25) is 0 Å². The van der Waals surface area contributed by atoms with Gasteiger partial charge in [-0.05, 0) is 36.2 Å². The minimum absolute atomic E-state index is 0.118. The third-order valence-electron chi connectivity index (χ3n) is 3.29. The topological polar surface area (TPSA) is 47.6 Å². The normalized spacial score (nSPS) is 10.3. The molecule has 0 radical (unpaired) electrons. The van der Waals surface area contributed by atoms with E-state index in [1.54, 1.807) is 18.2 Å². The number of hydrogen-bond acceptors (Lipinski definition) is 3. The lowest BCUT2D eigenvalue weighted by atomic mass is 10.1. The SMILES string of the molecule is CCc1ccccc1OCCNC(=O)COc1ccc(Cl)cc1Cl. The van der Waals surface area contributed by atoms with E-state index in [9.17, 15) is 4.79 Å². The molecule has 0 aromatic heterocycles. The molecule has 2 aromatic rings. The molecule has 6 heteroatoms. The Labute approximate surface area is 151 Å². The van der Waals surface area contributed by atoms with E-state index in [4.69, 9.17) is 32.7 Å². The summed E-state index contributed by atoms with van der Waals surface area (Å²) in [5, 5.41) is 3.62. The molecule has 0 aliphatic carbocycles. The Hall–Kier alpha value is -1.91. The standard InChI is InChI=1S/C18H19Cl2NO3/c1-2-13-5-3-4-6-16(13)23-10-9-21-18(22)12-24-17-8-7-14(19)11-15(17)20/h3-8,11H,2,9-10,12H2,1H3,(H,21,22). The van der Waals surface area contributed by atoms with Crippen LogP contribution in [0.3, 0.4) is 0 Å². The lowest BCUT2D eigenvalue weighted by molar-refractivity contribution is -0.123. The quantitative estimate of drug-likeness (QED) is 0.713. The van der Waals surface area contributed by atoms with Crippen LogP contribution in [-0.4, -0.2) is 25.7 Å². The molecule has 0 atom stereocenters. The highest BCUT2D eigenvalue weighted by molar-refractivity contribution is 6.35. The van der Waals surface area contributed by atoms with Gasteiger partial charge in [0.05, 0.1) is 11.6 Å². The zero-order chi connectivity index (χ0) is 17.4.